The highest BCUT2D eigenvalue weighted by atomic mass is 79.9. The van der Waals surface area contributed by atoms with Crippen molar-refractivity contribution in [3.05, 3.63) is 46.3 Å². The van der Waals surface area contributed by atoms with E-state index in [0.717, 1.165) is 3.79 Å². The number of sulfonamides is 1. The third-order valence-electron chi connectivity index (χ3n) is 3.84. The molecule has 0 bridgehead atoms. The molecule has 2 heterocycles. The van der Waals surface area contributed by atoms with Gasteiger partial charge in [0.25, 0.3) is 15.9 Å². The Balaban J connectivity index is 1.54. The molecule has 1 aromatic carbocycles. The van der Waals surface area contributed by atoms with Crippen molar-refractivity contribution in [1.29, 1.82) is 0 Å². The van der Waals surface area contributed by atoms with Crippen LogP contribution in [0, 0.1) is 0 Å². The Kier molecular flexibility index (Phi) is 5.78. The fraction of sp³-hybridized carbons (Fsp3) is 0.312. The summed E-state index contributed by atoms with van der Waals surface area (Å²) < 4.78 is 33.1. The van der Waals surface area contributed by atoms with Gasteiger partial charge in [0, 0.05) is 26.2 Å². The van der Waals surface area contributed by atoms with Gasteiger partial charge in [0.1, 0.15) is 9.96 Å². The van der Waals surface area contributed by atoms with Crippen LogP contribution in [0.3, 0.4) is 0 Å². The second-order valence-electron chi connectivity index (χ2n) is 5.45. The van der Waals surface area contributed by atoms with Gasteiger partial charge in [0.2, 0.25) is 0 Å². The molecule has 9 heteroatoms. The first-order chi connectivity index (χ1) is 12.0. The zero-order chi connectivity index (χ0) is 17.9. The van der Waals surface area contributed by atoms with Crippen LogP contribution in [0.1, 0.15) is 0 Å². The second kappa shape index (κ2) is 7.86. The lowest BCUT2D eigenvalue weighted by Crippen LogP contribution is -2.51. The van der Waals surface area contributed by atoms with E-state index >= 15 is 0 Å². The molecule has 1 saturated heterocycles. The summed E-state index contributed by atoms with van der Waals surface area (Å²) in [5.41, 5.74) is 0. The van der Waals surface area contributed by atoms with Crippen molar-refractivity contribution < 1.29 is 17.9 Å². The number of halogens is 1. The summed E-state index contributed by atoms with van der Waals surface area (Å²) in [6.07, 6.45) is 0. The molecule has 1 fully saturated rings. The average Bonchev–Trinajstić information content (AvgIpc) is 3.08. The standard InChI is InChI=1S/C16H17BrN2O4S2/c17-14-6-7-16(24-14)25(21,22)19-10-8-18(9-11-19)15(20)12-23-13-4-2-1-3-5-13/h1-7H,8-12H2. The Labute approximate surface area is 159 Å². The van der Waals surface area contributed by atoms with E-state index in [1.807, 2.05) is 18.2 Å². The molecular formula is C16H17BrN2O4S2. The molecule has 0 saturated carbocycles. The Bertz CT molecular complexity index is 831. The Morgan fingerprint density at radius 1 is 1.08 bits per heavy atom. The zero-order valence-electron chi connectivity index (χ0n) is 13.3. The van der Waals surface area contributed by atoms with Crippen LogP contribution in [0.5, 0.6) is 5.75 Å². The maximum absolute atomic E-state index is 12.6. The van der Waals surface area contributed by atoms with Gasteiger partial charge in [-0.25, -0.2) is 8.42 Å². The molecule has 1 aliphatic rings. The van der Waals surface area contributed by atoms with Gasteiger partial charge in [-0.3, -0.25) is 4.79 Å². The van der Waals surface area contributed by atoms with Crippen LogP contribution in [0.4, 0.5) is 0 Å². The average molecular weight is 445 g/mol. The summed E-state index contributed by atoms with van der Waals surface area (Å²) in [5, 5.41) is 0. The summed E-state index contributed by atoms with van der Waals surface area (Å²) in [6.45, 7) is 1.25. The van der Waals surface area contributed by atoms with Crippen molar-refractivity contribution >= 4 is 43.2 Å². The quantitative estimate of drug-likeness (QED) is 0.709. The van der Waals surface area contributed by atoms with Crippen molar-refractivity contribution in [3.63, 3.8) is 0 Å². The predicted molar refractivity (Wildman–Crippen MR) is 99.3 cm³/mol. The minimum absolute atomic E-state index is 0.0470. The van der Waals surface area contributed by atoms with E-state index in [0.29, 0.717) is 23.0 Å². The molecular weight excluding hydrogens is 428 g/mol. The summed E-state index contributed by atoms with van der Waals surface area (Å²) >= 11 is 4.47. The maximum Gasteiger partial charge on any atom is 0.260 e. The molecule has 0 radical (unpaired) electrons. The van der Waals surface area contributed by atoms with Crippen LogP contribution in [0.25, 0.3) is 0 Å². The van der Waals surface area contributed by atoms with Crippen LogP contribution in [0.2, 0.25) is 0 Å². The fourth-order valence-electron chi connectivity index (χ4n) is 2.49. The first-order valence-corrected chi connectivity index (χ1v) is 10.7. The number of hydrogen-bond donors (Lipinski definition) is 0. The third-order valence-corrected chi connectivity index (χ3v) is 7.83. The summed E-state index contributed by atoms with van der Waals surface area (Å²) in [7, 11) is -3.49. The van der Waals surface area contributed by atoms with Gasteiger partial charge in [-0.2, -0.15) is 4.31 Å². The molecule has 1 aromatic heterocycles. The number of thiophene rings is 1. The largest absolute Gasteiger partial charge is 0.484 e. The van der Waals surface area contributed by atoms with Gasteiger partial charge in [0.15, 0.2) is 6.61 Å². The van der Waals surface area contributed by atoms with Gasteiger partial charge in [-0.05, 0) is 40.2 Å². The first-order valence-electron chi connectivity index (χ1n) is 7.68. The highest BCUT2D eigenvalue weighted by Gasteiger charge is 2.31. The van der Waals surface area contributed by atoms with Gasteiger partial charge < -0.3 is 9.64 Å². The number of hydrogen-bond acceptors (Lipinski definition) is 5. The Morgan fingerprint density at radius 2 is 1.76 bits per heavy atom. The third kappa shape index (κ3) is 4.41. The first kappa shape index (κ1) is 18.4. The van der Waals surface area contributed by atoms with Crippen molar-refractivity contribution in [2.24, 2.45) is 0 Å². The van der Waals surface area contributed by atoms with Crippen LogP contribution in [0.15, 0.2) is 50.5 Å². The lowest BCUT2D eigenvalue weighted by atomic mass is 10.3. The van der Waals surface area contributed by atoms with E-state index in [-0.39, 0.29) is 25.6 Å². The van der Waals surface area contributed by atoms with Crippen molar-refractivity contribution in [1.82, 2.24) is 9.21 Å². The maximum atomic E-state index is 12.6. The lowest BCUT2D eigenvalue weighted by molar-refractivity contribution is -0.134. The van der Waals surface area contributed by atoms with Gasteiger partial charge in [-0.15, -0.1) is 11.3 Å². The molecule has 134 valence electrons. The second-order valence-corrected chi connectivity index (χ2v) is 10.1. The molecule has 0 atom stereocenters. The smallest absolute Gasteiger partial charge is 0.260 e. The molecule has 2 aromatic rings. The fourth-order valence-corrected chi connectivity index (χ4v) is 6.08. The number of carbonyl (C=O) groups is 1. The number of ether oxygens (including phenoxy) is 1. The summed E-state index contributed by atoms with van der Waals surface area (Å²) in [6, 6.07) is 12.4. The van der Waals surface area contributed by atoms with E-state index in [1.165, 1.54) is 15.6 Å². The van der Waals surface area contributed by atoms with Crippen molar-refractivity contribution in [3.8, 4) is 5.75 Å². The monoisotopic (exact) mass is 444 g/mol. The summed E-state index contributed by atoms with van der Waals surface area (Å²) in [4.78, 5) is 13.9. The van der Waals surface area contributed by atoms with Gasteiger partial charge >= 0.3 is 0 Å². The van der Waals surface area contributed by atoms with E-state index < -0.39 is 10.0 Å². The van der Waals surface area contributed by atoms with E-state index in [2.05, 4.69) is 15.9 Å². The zero-order valence-corrected chi connectivity index (χ0v) is 16.5. The molecule has 0 unspecified atom stereocenters. The molecule has 25 heavy (non-hydrogen) atoms. The highest BCUT2D eigenvalue weighted by molar-refractivity contribution is 9.11. The molecule has 1 aliphatic heterocycles. The minimum atomic E-state index is -3.49. The van der Waals surface area contributed by atoms with E-state index in [9.17, 15) is 13.2 Å². The number of piperazine rings is 1. The number of carbonyl (C=O) groups excluding carboxylic acids is 1. The van der Waals surface area contributed by atoms with Crippen LogP contribution >= 0.6 is 27.3 Å². The Morgan fingerprint density at radius 3 is 2.36 bits per heavy atom. The van der Waals surface area contributed by atoms with Gasteiger partial charge in [-0.1, -0.05) is 18.2 Å². The van der Waals surface area contributed by atoms with Crippen LogP contribution in [-0.4, -0.2) is 56.3 Å². The van der Waals surface area contributed by atoms with Crippen molar-refractivity contribution in [2.45, 2.75) is 4.21 Å². The number of para-hydroxylation sites is 1. The lowest BCUT2D eigenvalue weighted by Gasteiger charge is -2.33. The van der Waals surface area contributed by atoms with E-state index in [4.69, 9.17) is 4.74 Å². The minimum Gasteiger partial charge on any atom is -0.484 e. The van der Waals surface area contributed by atoms with Crippen LogP contribution < -0.4 is 4.74 Å². The number of nitrogens with zero attached hydrogens (tertiary/aromatic N) is 2. The highest BCUT2D eigenvalue weighted by Crippen LogP contribution is 2.28. The molecule has 3 rings (SSSR count). The van der Waals surface area contributed by atoms with Crippen LogP contribution in [-0.2, 0) is 14.8 Å². The normalized spacial score (nSPS) is 16.0. The SMILES string of the molecule is O=C(COc1ccccc1)N1CCN(S(=O)(=O)c2ccc(Br)s2)CC1. The molecule has 6 nitrogen and oxygen atoms in total. The molecule has 1 amide bonds. The number of amides is 1. The summed E-state index contributed by atoms with van der Waals surface area (Å²) in [5.74, 6) is 0.500. The van der Waals surface area contributed by atoms with E-state index in [1.54, 1.807) is 29.2 Å². The number of rotatable bonds is 5. The predicted octanol–water partition coefficient (Wildman–Crippen LogP) is 2.42. The number of benzene rings is 1. The Hall–Kier alpha value is -1.42. The molecule has 0 N–H and O–H groups in total. The van der Waals surface area contributed by atoms with Crippen molar-refractivity contribution in [2.75, 3.05) is 32.8 Å². The molecule has 0 spiro atoms. The topological polar surface area (TPSA) is 66.9 Å². The molecule has 0 aliphatic carbocycles. The van der Waals surface area contributed by atoms with Gasteiger partial charge in [0.05, 0.1) is 3.79 Å².